The molecule has 0 N–H and O–H groups in total. The van der Waals surface area contributed by atoms with Gasteiger partial charge in [-0.3, -0.25) is 14.1 Å². The third-order valence-electron chi connectivity index (χ3n) is 8.98. The maximum absolute atomic E-state index is 4.41. The number of para-hydroxylation sites is 4. The molecule has 0 radical (unpaired) electrons. The first-order chi connectivity index (χ1) is 23.4. The zero-order chi connectivity index (χ0) is 31.2. The van der Waals surface area contributed by atoms with Crippen molar-refractivity contribution in [3.63, 3.8) is 0 Å². The predicted molar refractivity (Wildman–Crippen MR) is 196 cm³/mol. The molecular formula is C43H30N4. The van der Waals surface area contributed by atoms with Crippen LogP contribution in [-0.4, -0.2) is 14.1 Å². The first-order valence-corrected chi connectivity index (χ1v) is 15.9. The van der Waals surface area contributed by atoms with E-state index in [1.165, 1.54) is 38.3 Å². The predicted octanol–water partition coefficient (Wildman–Crippen LogP) is 11.3. The van der Waals surface area contributed by atoms with E-state index in [4.69, 9.17) is 0 Å². The highest BCUT2D eigenvalue weighted by Crippen LogP contribution is 2.45. The summed E-state index contributed by atoms with van der Waals surface area (Å²) in [6, 6.07) is 60.3. The maximum atomic E-state index is 4.41. The highest BCUT2D eigenvalue weighted by atomic mass is 15.2. The highest BCUT2D eigenvalue weighted by Gasteiger charge is 2.24. The van der Waals surface area contributed by atoms with Crippen LogP contribution in [-0.2, 0) is 0 Å². The Hall–Kier alpha value is -6.39. The van der Waals surface area contributed by atoms with Gasteiger partial charge >= 0.3 is 0 Å². The number of anilines is 3. The summed E-state index contributed by atoms with van der Waals surface area (Å²) in [5.41, 5.74) is 11.4. The Labute approximate surface area is 273 Å². The molecular weight excluding hydrogens is 573 g/mol. The van der Waals surface area contributed by atoms with Crippen molar-refractivity contribution in [3.8, 4) is 22.5 Å². The molecule has 0 aliphatic heterocycles. The molecule has 0 saturated carbocycles. The standard InChI is InChI=1S/C43H30N4/c1-4-14-32(15-5-1)45(36-20-13-29-44-30-36)35-27-25-31(26-28-35)37-22-12-24-40-41(37)42-38-21-10-11-23-39(38)46(33-16-6-2-7-17-33)43(42)47(40)34-18-8-3-9-19-34/h1-30H. The number of benzene rings is 6. The average Bonchev–Trinajstić information content (AvgIpc) is 3.66. The van der Waals surface area contributed by atoms with E-state index in [1.54, 1.807) is 0 Å². The van der Waals surface area contributed by atoms with E-state index in [0.717, 1.165) is 34.1 Å². The van der Waals surface area contributed by atoms with Crippen LogP contribution in [0.25, 0.3) is 55.3 Å². The van der Waals surface area contributed by atoms with Gasteiger partial charge in [0.05, 0.1) is 22.9 Å². The lowest BCUT2D eigenvalue weighted by Crippen LogP contribution is -2.09. The first kappa shape index (κ1) is 27.0. The minimum Gasteiger partial charge on any atom is -0.309 e. The lowest BCUT2D eigenvalue weighted by molar-refractivity contribution is 1.07. The molecule has 3 heterocycles. The van der Waals surface area contributed by atoms with Gasteiger partial charge in [0.2, 0.25) is 0 Å². The lowest BCUT2D eigenvalue weighted by Gasteiger charge is -2.25. The quantitative estimate of drug-likeness (QED) is 0.189. The van der Waals surface area contributed by atoms with Crippen molar-refractivity contribution < 1.29 is 0 Å². The molecule has 0 unspecified atom stereocenters. The molecule has 0 spiro atoms. The van der Waals surface area contributed by atoms with Crippen LogP contribution in [0.3, 0.4) is 0 Å². The van der Waals surface area contributed by atoms with E-state index in [0.29, 0.717) is 0 Å². The van der Waals surface area contributed by atoms with E-state index in [9.17, 15) is 0 Å². The molecule has 4 nitrogen and oxygen atoms in total. The SMILES string of the molecule is c1ccc(N(c2ccc(-c3cccc4c3c3c5ccccc5n(-c5ccccc5)c3n4-c3ccccc3)cc2)c2cccnc2)cc1. The summed E-state index contributed by atoms with van der Waals surface area (Å²) in [5, 5.41) is 3.74. The number of pyridine rings is 1. The topological polar surface area (TPSA) is 26.0 Å². The second-order valence-corrected chi connectivity index (χ2v) is 11.7. The number of rotatable bonds is 6. The molecule has 0 fully saturated rings. The summed E-state index contributed by atoms with van der Waals surface area (Å²) in [7, 11) is 0. The second kappa shape index (κ2) is 11.2. The third-order valence-corrected chi connectivity index (χ3v) is 8.98. The van der Waals surface area contributed by atoms with Gasteiger partial charge in [0.25, 0.3) is 0 Å². The van der Waals surface area contributed by atoms with Gasteiger partial charge in [0, 0.05) is 45.1 Å². The maximum Gasteiger partial charge on any atom is 0.131 e. The van der Waals surface area contributed by atoms with Crippen molar-refractivity contribution in [1.29, 1.82) is 0 Å². The number of hydrogen-bond acceptors (Lipinski definition) is 2. The highest BCUT2D eigenvalue weighted by molar-refractivity contribution is 6.26. The minimum atomic E-state index is 1.02. The monoisotopic (exact) mass is 602 g/mol. The fourth-order valence-corrected chi connectivity index (χ4v) is 7.01. The van der Waals surface area contributed by atoms with Gasteiger partial charge in [0.15, 0.2) is 0 Å². The van der Waals surface area contributed by atoms with Gasteiger partial charge in [0.1, 0.15) is 5.65 Å². The second-order valence-electron chi connectivity index (χ2n) is 11.7. The van der Waals surface area contributed by atoms with Crippen LogP contribution in [0.1, 0.15) is 0 Å². The van der Waals surface area contributed by atoms with Gasteiger partial charge in [-0.25, -0.2) is 0 Å². The van der Waals surface area contributed by atoms with Gasteiger partial charge < -0.3 is 4.90 Å². The summed E-state index contributed by atoms with van der Waals surface area (Å²) >= 11 is 0. The van der Waals surface area contributed by atoms with Crippen LogP contribution in [0.5, 0.6) is 0 Å². The van der Waals surface area contributed by atoms with Gasteiger partial charge in [-0.05, 0) is 83.9 Å². The minimum absolute atomic E-state index is 1.02. The van der Waals surface area contributed by atoms with Crippen molar-refractivity contribution in [2.24, 2.45) is 0 Å². The fraction of sp³-hybridized carbons (Fsp3) is 0. The Morgan fingerprint density at radius 1 is 0.426 bits per heavy atom. The van der Waals surface area contributed by atoms with Crippen LogP contribution < -0.4 is 4.90 Å². The summed E-state index contributed by atoms with van der Waals surface area (Å²) in [4.78, 5) is 6.66. The molecule has 3 aromatic heterocycles. The van der Waals surface area contributed by atoms with Crippen molar-refractivity contribution in [2.45, 2.75) is 0 Å². The van der Waals surface area contributed by atoms with Crippen molar-refractivity contribution in [3.05, 3.63) is 182 Å². The number of aromatic nitrogens is 3. The van der Waals surface area contributed by atoms with Crippen molar-refractivity contribution in [2.75, 3.05) is 4.90 Å². The zero-order valence-corrected chi connectivity index (χ0v) is 25.6. The van der Waals surface area contributed by atoms with E-state index in [-0.39, 0.29) is 0 Å². The molecule has 0 saturated heterocycles. The summed E-state index contributed by atoms with van der Waals surface area (Å²) in [6.45, 7) is 0. The molecule has 222 valence electrons. The normalized spacial score (nSPS) is 11.4. The number of fused-ring (bicyclic) bond motifs is 5. The number of nitrogens with zero attached hydrogens (tertiary/aromatic N) is 4. The fourth-order valence-electron chi connectivity index (χ4n) is 7.01. The molecule has 0 aliphatic carbocycles. The molecule has 0 atom stereocenters. The third kappa shape index (κ3) is 4.42. The van der Waals surface area contributed by atoms with Crippen LogP contribution in [0.15, 0.2) is 182 Å². The van der Waals surface area contributed by atoms with E-state index in [2.05, 4.69) is 177 Å². The largest absolute Gasteiger partial charge is 0.309 e. The van der Waals surface area contributed by atoms with Crippen LogP contribution in [0.4, 0.5) is 17.1 Å². The Bertz CT molecular complexity index is 2440. The van der Waals surface area contributed by atoms with Gasteiger partial charge in [-0.15, -0.1) is 0 Å². The van der Waals surface area contributed by atoms with Gasteiger partial charge in [-0.2, -0.15) is 0 Å². The van der Waals surface area contributed by atoms with Gasteiger partial charge in [-0.1, -0.05) is 97.1 Å². The van der Waals surface area contributed by atoms with E-state index < -0.39 is 0 Å². The molecule has 47 heavy (non-hydrogen) atoms. The van der Waals surface area contributed by atoms with Crippen molar-refractivity contribution in [1.82, 2.24) is 14.1 Å². The Balaban J connectivity index is 1.31. The molecule has 6 aromatic carbocycles. The Morgan fingerprint density at radius 2 is 1.00 bits per heavy atom. The average molecular weight is 603 g/mol. The Kier molecular flexibility index (Phi) is 6.43. The Morgan fingerprint density at radius 3 is 1.68 bits per heavy atom. The first-order valence-electron chi connectivity index (χ1n) is 15.9. The van der Waals surface area contributed by atoms with Crippen molar-refractivity contribution >= 4 is 49.9 Å². The molecule has 4 heteroatoms. The molecule has 0 aliphatic rings. The smallest absolute Gasteiger partial charge is 0.131 e. The molecule has 0 bridgehead atoms. The molecule has 0 amide bonds. The zero-order valence-electron chi connectivity index (χ0n) is 25.6. The molecule has 9 aromatic rings. The van der Waals surface area contributed by atoms with Crippen LogP contribution in [0, 0.1) is 0 Å². The number of hydrogen-bond donors (Lipinski definition) is 0. The van der Waals surface area contributed by atoms with E-state index in [1.807, 2.05) is 24.5 Å². The lowest BCUT2D eigenvalue weighted by atomic mass is 9.98. The summed E-state index contributed by atoms with van der Waals surface area (Å²) in [6.07, 6.45) is 3.72. The van der Waals surface area contributed by atoms with Crippen LogP contribution in [0.2, 0.25) is 0 Å². The summed E-state index contributed by atoms with van der Waals surface area (Å²) in [5.74, 6) is 0. The summed E-state index contributed by atoms with van der Waals surface area (Å²) < 4.78 is 4.84. The van der Waals surface area contributed by atoms with E-state index >= 15 is 0 Å². The van der Waals surface area contributed by atoms with Crippen LogP contribution >= 0.6 is 0 Å². The molecule has 9 rings (SSSR count).